The lowest BCUT2D eigenvalue weighted by molar-refractivity contribution is -0.244. The van der Waals surface area contributed by atoms with Crippen molar-refractivity contribution < 1.29 is 9.84 Å². The van der Waals surface area contributed by atoms with Crippen molar-refractivity contribution >= 4 is 0 Å². The van der Waals surface area contributed by atoms with Crippen LogP contribution >= 0.6 is 0 Å². The van der Waals surface area contributed by atoms with Crippen LogP contribution in [-0.4, -0.2) is 23.9 Å². The molecule has 11 heavy (non-hydrogen) atoms. The van der Waals surface area contributed by atoms with Crippen LogP contribution in [0, 0.1) is 11.3 Å². The van der Waals surface area contributed by atoms with E-state index in [0.717, 1.165) is 19.4 Å². The van der Waals surface area contributed by atoms with Gasteiger partial charge in [-0.3, -0.25) is 0 Å². The van der Waals surface area contributed by atoms with Crippen LogP contribution in [0.5, 0.6) is 0 Å². The molecule has 1 aliphatic heterocycles. The zero-order valence-corrected chi connectivity index (χ0v) is 7.21. The molecule has 0 aromatic carbocycles. The molecule has 1 saturated carbocycles. The summed E-state index contributed by atoms with van der Waals surface area (Å²) in [6.07, 6.45) is 2.46. The lowest BCUT2D eigenvalue weighted by Crippen LogP contribution is -2.64. The highest BCUT2D eigenvalue weighted by Gasteiger charge is 2.57. The maximum atomic E-state index is 9.69. The summed E-state index contributed by atoms with van der Waals surface area (Å²) in [5.74, 6) is 0.429. The quantitative estimate of drug-likeness (QED) is 0.570. The highest BCUT2D eigenvalue weighted by molar-refractivity contribution is 5.06. The van der Waals surface area contributed by atoms with Crippen LogP contribution < -0.4 is 0 Å². The molecule has 1 aliphatic carbocycles. The first-order valence-corrected chi connectivity index (χ1v) is 4.43. The van der Waals surface area contributed by atoms with Gasteiger partial charge in [-0.05, 0) is 12.8 Å². The summed E-state index contributed by atoms with van der Waals surface area (Å²) in [7, 11) is 0. The molecule has 2 aliphatic rings. The Balaban J connectivity index is 2.09. The fourth-order valence-electron chi connectivity index (χ4n) is 2.50. The van der Waals surface area contributed by atoms with E-state index < -0.39 is 0 Å². The van der Waals surface area contributed by atoms with Gasteiger partial charge in [0.1, 0.15) is 0 Å². The Hall–Kier alpha value is -0.0800. The van der Waals surface area contributed by atoms with Crippen molar-refractivity contribution in [3.05, 3.63) is 0 Å². The summed E-state index contributed by atoms with van der Waals surface area (Å²) >= 11 is 0. The first-order chi connectivity index (χ1) is 5.14. The van der Waals surface area contributed by atoms with Crippen molar-refractivity contribution in [1.29, 1.82) is 0 Å². The Bertz CT molecular complexity index is 165. The molecule has 1 heterocycles. The van der Waals surface area contributed by atoms with Gasteiger partial charge >= 0.3 is 0 Å². The minimum absolute atomic E-state index is 0.00505. The van der Waals surface area contributed by atoms with Gasteiger partial charge in [-0.1, -0.05) is 13.8 Å². The number of rotatable bonds is 0. The number of aliphatic hydroxyl groups is 1. The molecule has 0 unspecified atom stereocenters. The summed E-state index contributed by atoms with van der Waals surface area (Å²) < 4.78 is 5.60. The first kappa shape index (κ1) is 7.56. The van der Waals surface area contributed by atoms with E-state index in [1.54, 1.807) is 0 Å². The van der Waals surface area contributed by atoms with Gasteiger partial charge in [-0.2, -0.15) is 0 Å². The van der Waals surface area contributed by atoms with Crippen molar-refractivity contribution in [2.75, 3.05) is 6.61 Å². The predicted octanol–water partition coefficient (Wildman–Crippen LogP) is 1.18. The maximum absolute atomic E-state index is 9.69. The van der Waals surface area contributed by atoms with Gasteiger partial charge in [-0.15, -0.1) is 0 Å². The SMILES string of the molecule is CC1(C)[C@@H](O)[C@H]2CCCO[C@@H]21. The van der Waals surface area contributed by atoms with E-state index in [4.69, 9.17) is 4.74 Å². The highest BCUT2D eigenvalue weighted by Crippen LogP contribution is 2.50. The summed E-state index contributed by atoms with van der Waals surface area (Å²) in [6.45, 7) is 5.06. The molecule has 1 saturated heterocycles. The fraction of sp³-hybridized carbons (Fsp3) is 1.00. The van der Waals surface area contributed by atoms with Gasteiger partial charge in [0, 0.05) is 17.9 Å². The summed E-state index contributed by atoms with van der Waals surface area (Å²) in [6, 6.07) is 0. The van der Waals surface area contributed by atoms with Crippen LogP contribution in [0.25, 0.3) is 0 Å². The Labute approximate surface area is 67.6 Å². The van der Waals surface area contributed by atoms with E-state index in [0.29, 0.717) is 12.0 Å². The number of hydrogen-bond acceptors (Lipinski definition) is 2. The molecular weight excluding hydrogens is 140 g/mol. The zero-order chi connectivity index (χ0) is 8.06. The second kappa shape index (κ2) is 2.20. The molecule has 64 valence electrons. The predicted molar refractivity (Wildman–Crippen MR) is 42.3 cm³/mol. The minimum atomic E-state index is -0.132. The second-order valence-corrected chi connectivity index (χ2v) is 4.36. The van der Waals surface area contributed by atoms with Crippen molar-refractivity contribution in [2.24, 2.45) is 11.3 Å². The van der Waals surface area contributed by atoms with Crippen molar-refractivity contribution in [2.45, 2.75) is 38.9 Å². The van der Waals surface area contributed by atoms with Crippen LogP contribution in [0.4, 0.5) is 0 Å². The molecule has 0 radical (unpaired) electrons. The third-order valence-corrected chi connectivity index (χ3v) is 3.27. The average Bonchev–Trinajstić information content (AvgIpc) is 2.04. The van der Waals surface area contributed by atoms with Gasteiger partial charge in [0.15, 0.2) is 0 Å². The van der Waals surface area contributed by atoms with E-state index in [1.165, 1.54) is 0 Å². The third-order valence-electron chi connectivity index (χ3n) is 3.27. The van der Waals surface area contributed by atoms with Crippen molar-refractivity contribution in [3.8, 4) is 0 Å². The molecule has 0 amide bonds. The topological polar surface area (TPSA) is 29.5 Å². The van der Waals surface area contributed by atoms with Gasteiger partial charge < -0.3 is 9.84 Å². The van der Waals surface area contributed by atoms with E-state index in [1.807, 2.05) is 0 Å². The molecule has 0 aromatic heterocycles. The Kier molecular flexibility index (Phi) is 1.52. The fourth-order valence-corrected chi connectivity index (χ4v) is 2.50. The molecule has 0 aromatic rings. The largest absolute Gasteiger partial charge is 0.392 e. The summed E-state index contributed by atoms with van der Waals surface area (Å²) in [5.41, 5.74) is 0.00505. The van der Waals surface area contributed by atoms with E-state index in [2.05, 4.69) is 13.8 Å². The van der Waals surface area contributed by atoms with Crippen LogP contribution in [-0.2, 0) is 4.74 Å². The highest BCUT2D eigenvalue weighted by atomic mass is 16.5. The average molecular weight is 156 g/mol. The summed E-state index contributed by atoms with van der Waals surface area (Å²) in [5, 5.41) is 9.69. The Morgan fingerprint density at radius 1 is 1.45 bits per heavy atom. The molecule has 3 atom stereocenters. The molecule has 0 spiro atoms. The van der Waals surface area contributed by atoms with Crippen molar-refractivity contribution in [3.63, 3.8) is 0 Å². The number of ether oxygens (including phenoxy) is 1. The van der Waals surface area contributed by atoms with Crippen LogP contribution in [0.1, 0.15) is 26.7 Å². The maximum Gasteiger partial charge on any atom is 0.0703 e. The Morgan fingerprint density at radius 2 is 2.18 bits per heavy atom. The second-order valence-electron chi connectivity index (χ2n) is 4.36. The van der Waals surface area contributed by atoms with Crippen molar-refractivity contribution in [1.82, 2.24) is 0 Å². The Morgan fingerprint density at radius 3 is 2.82 bits per heavy atom. The van der Waals surface area contributed by atoms with Gasteiger partial charge in [0.25, 0.3) is 0 Å². The molecule has 0 bridgehead atoms. The molecule has 1 N–H and O–H groups in total. The lowest BCUT2D eigenvalue weighted by Gasteiger charge is -2.57. The minimum Gasteiger partial charge on any atom is -0.392 e. The molecular formula is C9H16O2. The van der Waals surface area contributed by atoms with E-state index in [9.17, 15) is 5.11 Å². The first-order valence-electron chi connectivity index (χ1n) is 4.43. The number of aliphatic hydroxyl groups excluding tert-OH is 1. The normalized spacial score (nSPS) is 47.7. The summed E-state index contributed by atoms with van der Waals surface area (Å²) in [4.78, 5) is 0. The van der Waals surface area contributed by atoms with Crippen LogP contribution in [0.2, 0.25) is 0 Å². The van der Waals surface area contributed by atoms with E-state index in [-0.39, 0.29) is 11.5 Å². The molecule has 2 nitrogen and oxygen atoms in total. The van der Waals surface area contributed by atoms with Gasteiger partial charge in [-0.25, -0.2) is 0 Å². The molecule has 2 rings (SSSR count). The van der Waals surface area contributed by atoms with E-state index >= 15 is 0 Å². The number of hydrogen-bond donors (Lipinski definition) is 1. The zero-order valence-electron chi connectivity index (χ0n) is 7.21. The number of fused-ring (bicyclic) bond motifs is 1. The third kappa shape index (κ3) is 0.859. The standard InChI is InChI=1S/C9H16O2/c1-9(2)7(10)6-4-3-5-11-8(6)9/h6-8,10H,3-5H2,1-2H3/t6-,7+,8+/m1/s1. The van der Waals surface area contributed by atoms with Gasteiger partial charge in [0.2, 0.25) is 0 Å². The monoisotopic (exact) mass is 156 g/mol. The smallest absolute Gasteiger partial charge is 0.0703 e. The lowest BCUT2D eigenvalue weighted by atomic mass is 9.57. The molecule has 2 fully saturated rings. The molecule has 2 heteroatoms. The van der Waals surface area contributed by atoms with Crippen LogP contribution in [0.3, 0.4) is 0 Å². The van der Waals surface area contributed by atoms with Gasteiger partial charge in [0.05, 0.1) is 12.2 Å². The van der Waals surface area contributed by atoms with Crippen LogP contribution in [0.15, 0.2) is 0 Å².